The minimum absolute atomic E-state index is 0.193. The molecule has 5 nitrogen and oxygen atoms in total. The van der Waals surface area contributed by atoms with Gasteiger partial charge in [0.1, 0.15) is 4.88 Å². The quantitative estimate of drug-likeness (QED) is 0.882. The van der Waals surface area contributed by atoms with Crippen LogP contribution in [0.5, 0.6) is 0 Å². The Bertz CT molecular complexity index is 646. The molecular weight excluding hydrogens is 296 g/mol. The summed E-state index contributed by atoms with van der Waals surface area (Å²) in [5.74, 6) is -0.634. The average Bonchev–Trinajstić information content (AvgIpc) is 2.96. The highest BCUT2D eigenvalue weighted by atomic mass is 32.1. The van der Waals surface area contributed by atoms with Gasteiger partial charge in [-0.3, -0.25) is 4.79 Å². The number of nitrogens with one attached hydrogen (secondary N) is 1. The Morgan fingerprint density at radius 1 is 1.30 bits per heavy atom. The minimum Gasteiger partial charge on any atom is -0.465 e. The van der Waals surface area contributed by atoms with Crippen LogP contribution in [0.25, 0.3) is 0 Å². The standard InChI is InChI=1S/C13H14N2O3S2/c1-7-5-20-12(13(17)18-3)11(7)15-10(16)4-9-6-19-8(2)14-9/h5-6H,4H2,1-3H3,(H,15,16). The molecule has 2 rings (SSSR count). The first-order valence-electron chi connectivity index (χ1n) is 5.88. The van der Waals surface area contributed by atoms with Crippen molar-refractivity contribution in [2.45, 2.75) is 20.3 Å². The third kappa shape index (κ3) is 3.23. The zero-order valence-corrected chi connectivity index (χ0v) is 13.0. The van der Waals surface area contributed by atoms with Crippen molar-refractivity contribution >= 4 is 40.2 Å². The van der Waals surface area contributed by atoms with E-state index in [0.717, 1.165) is 16.3 Å². The molecule has 0 saturated carbocycles. The first-order valence-corrected chi connectivity index (χ1v) is 7.64. The minimum atomic E-state index is -0.442. The molecule has 0 unspecified atom stereocenters. The van der Waals surface area contributed by atoms with Crippen LogP contribution in [0.1, 0.15) is 25.9 Å². The van der Waals surface area contributed by atoms with Crippen molar-refractivity contribution in [3.63, 3.8) is 0 Å². The van der Waals surface area contributed by atoms with Crippen molar-refractivity contribution in [2.75, 3.05) is 12.4 Å². The maximum Gasteiger partial charge on any atom is 0.350 e. The van der Waals surface area contributed by atoms with E-state index in [-0.39, 0.29) is 12.3 Å². The Balaban J connectivity index is 2.11. The number of thiophene rings is 1. The first-order chi connectivity index (χ1) is 9.51. The van der Waals surface area contributed by atoms with Gasteiger partial charge in [-0.05, 0) is 24.8 Å². The lowest BCUT2D eigenvalue weighted by molar-refractivity contribution is -0.115. The molecule has 0 aliphatic heterocycles. The second-order valence-electron chi connectivity index (χ2n) is 4.20. The Morgan fingerprint density at radius 3 is 2.65 bits per heavy atom. The number of carbonyl (C=O) groups excluding carboxylic acids is 2. The summed E-state index contributed by atoms with van der Waals surface area (Å²) >= 11 is 2.76. The molecule has 0 aliphatic rings. The van der Waals surface area contributed by atoms with Gasteiger partial charge in [-0.15, -0.1) is 22.7 Å². The van der Waals surface area contributed by atoms with Crippen LogP contribution in [0, 0.1) is 13.8 Å². The van der Waals surface area contributed by atoms with Crippen molar-refractivity contribution in [2.24, 2.45) is 0 Å². The second-order valence-corrected chi connectivity index (χ2v) is 6.14. The van der Waals surface area contributed by atoms with Gasteiger partial charge in [-0.2, -0.15) is 0 Å². The Morgan fingerprint density at radius 2 is 2.05 bits per heavy atom. The van der Waals surface area contributed by atoms with E-state index in [2.05, 4.69) is 10.3 Å². The van der Waals surface area contributed by atoms with Gasteiger partial charge in [-0.1, -0.05) is 0 Å². The van der Waals surface area contributed by atoms with Gasteiger partial charge in [0, 0.05) is 5.38 Å². The van der Waals surface area contributed by atoms with Crippen LogP contribution in [0.4, 0.5) is 5.69 Å². The summed E-state index contributed by atoms with van der Waals surface area (Å²) in [6, 6.07) is 0. The van der Waals surface area contributed by atoms with Crippen molar-refractivity contribution < 1.29 is 14.3 Å². The zero-order valence-electron chi connectivity index (χ0n) is 11.4. The number of carbonyl (C=O) groups is 2. The van der Waals surface area contributed by atoms with Gasteiger partial charge in [0.05, 0.1) is 29.9 Å². The Kier molecular flexibility index (Phi) is 4.51. The SMILES string of the molecule is COC(=O)c1scc(C)c1NC(=O)Cc1csc(C)n1. The number of amides is 1. The Labute approximate surface area is 124 Å². The van der Waals surface area contributed by atoms with E-state index in [1.165, 1.54) is 29.8 Å². The van der Waals surface area contributed by atoms with Crippen LogP contribution in [-0.2, 0) is 16.0 Å². The number of hydrogen-bond acceptors (Lipinski definition) is 6. The molecule has 0 aromatic carbocycles. The van der Waals surface area contributed by atoms with E-state index in [9.17, 15) is 9.59 Å². The Hall–Kier alpha value is -1.73. The van der Waals surface area contributed by atoms with Crippen molar-refractivity contribution in [1.29, 1.82) is 0 Å². The van der Waals surface area contributed by atoms with Crippen molar-refractivity contribution in [1.82, 2.24) is 4.98 Å². The molecule has 1 amide bonds. The number of ether oxygens (including phenoxy) is 1. The molecule has 0 fully saturated rings. The first kappa shape index (κ1) is 14.7. The van der Waals surface area contributed by atoms with E-state index in [4.69, 9.17) is 4.74 Å². The lowest BCUT2D eigenvalue weighted by Crippen LogP contribution is -2.17. The summed E-state index contributed by atoms with van der Waals surface area (Å²) in [5.41, 5.74) is 2.11. The fourth-order valence-corrected chi connectivity index (χ4v) is 3.21. The third-order valence-electron chi connectivity index (χ3n) is 2.62. The van der Waals surface area contributed by atoms with Gasteiger partial charge in [0.2, 0.25) is 5.91 Å². The monoisotopic (exact) mass is 310 g/mol. The van der Waals surface area contributed by atoms with Crippen LogP contribution >= 0.6 is 22.7 Å². The molecule has 0 bridgehead atoms. The van der Waals surface area contributed by atoms with E-state index >= 15 is 0 Å². The summed E-state index contributed by atoms with van der Waals surface area (Å²) in [4.78, 5) is 28.3. The third-order valence-corrected chi connectivity index (χ3v) is 4.52. The smallest absolute Gasteiger partial charge is 0.350 e. The molecule has 7 heteroatoms. The lowest BCUT2D eigenvalue weighted by atomic mass is 10.2. The summed E-state index contributed by atoms with van der Waals surface area (Å²) in [5, 5.41) is 7.36. The molecule has 0 aliphatic carbocycles. The number of aryl methyl sites for hydroxylation is 2. The van der Waals surface area contributed by atoms with Crippen LogP contribution in [0.2, 0.25) is 0 Å². The van der Waals surface area contributed by atoms with E-state index < -0.39 is 5.97 Å². The van der Waals surface area contributed by atoms with Crippen LogP contribution < -0.4 is 5.32 Å². The molecule has 2 heterocycles. The van der Waals surface area contributed by atoms with Gasteiger partial charge >= 0.3 is 5.97 Å². The second kappa shape index (κ2) is 6.15. The van der Waals surface area contributed by atoms with Gasteiger partial charge in [-0.25, -0.2) is 9.78 Å². The highest BCUT2D eigenvalue weighted by Crippen LogP contribution is 2.28. The number of thiazole rings is 1. The number of anilines is 1. The summed E-state index contributed by atoms with van der Waals surface area (Å²) in [7, 11) is 1.32. The largest absolute Gasteiger partial charge is 0.465 e. The fraction of sp³-hybridized carbons (Fsp3) is 0.308. The predicted molar refractivity (Wildman–Crippen MR) is 79.6 cm³/mol. The lowest BCUT2D eigenvalue weighted by Gasteiger charge is -2.06. The predicted octanol–water partition coefficient (Wildman–Crippen LogP) is 2.79. The number of rotatable bonds is 4. The number of nitrogens with zero attached hydrogens (tertiary/aromatic N) is 1. The normalized spacial score (nSPS) is 10.3. The molecule has 0 saturated heterocycles. The van der Waals surface area contributed by atoms with Crippen LogP contribution in [-0.4, -0.2) is 24.0 Å². The molecule has 0 atom stereocenters. The highest BCUT2D eigenvalue weighted by Gasteiger charge is 2.19. The van der Waals surface area contributed by atoms with Crippen LogP contribution in [0.3, 0.4) is 0 Å². The maximum atomic E-state index is 12.0. The zero-order chi connectivity index (χ0) is 14.7. The van der Waals surface area contributed by atoms with E-state index in [1.807, 2.05) is 24.6 Å². The molecule has 20 heavy (non-hydrogen) atoms. The maximum absolute atomic E-state index is 12.0. The van der Waals surface area contributed by atoms with Crippen LogP contribution in [0.15, 0.2) is 10.8 Å². The molecule has 1 N–H and O–H groups in total. The van der Waals surface area contributed by atoms with Gasteiger partial charge < -0.3 is 10.1 Å². The average molecular weight is 310 g/mol. The highest BCUT2D eigenvalue weighted by molar-refractivity contribution is 7.12. The summed E-state index contributed by atoms with van der Waals surface area (Å²) in [6.07, 6.45) is 0.195. The van der Waals surface area contributed by atoms with E-state index in [1.54, 1.807) is 0 Å². The van der Waals surface area contributed by atoms with E-state index in [0.29, 0.717) is 10.6 Å². The number of esters is 1. The molecule has 106 valence electrons. The molecule has 0 radical (unpaired) electrons. The van der Waals surface area contributed by atoms with Gasteiger partial charge in [0.25, 0.3) is 0 Å². The van der Waals surface area contributed by atoms with Gasteiger partial charge in [0.15, 0.2) is 0 Å². The molecule has 2 aromatic rings. The number of aromatic nitrogens is 1. The van der Waals surface area contributed by atoms with Crippen molar-refractivity contribution in [3.05, 3.63) is 31.9 Å². The fourth-order valence-electron chi connectivity index (χ4n) is 1.68. The summed E-state index contributed by atoms with van der Waals surface area (Å²) < 4.78 is 4.70. The number of hydrogen-bond donors (Lipinski definition) is 1. The van der Waals surface area contributed by atoms with Crippen molar-refractivity contribution in [3.8, 4) is 0 Å². The molecule has 2 aromatic heterocycles. The number of methoxy groups -OCH3 is 1. The molecule has 0 spiro atoms. The summed E-state index contributed by atoms with van der Waals surface area (Å²) in [6.45, 7) is 3.73. The topological polar surface area (TPSA) is 68.3 Å². The molecular formula is C13H14N2O3S2.